The van der Waals surface area contributed by atoms with E-state index in [4.69, 9.17) is 15.4 Å². The molecule has 0 bridgehead atoms. The molecule has 2 rings (SSSR count). The Hall–Kier alpha value is -1.79. The highest BCUT2D eigenvalue weighted by atomic mass is 16.5. The Labute approximate surface area is 92.1 Å². The molecule has 0 saturated heterocycles. The van der Waals surface area contributed by atoms with Crippen LogP contribution in [0.25, 0.3) is 11.5 Å². The zero-order valence-electron chi connectivity index (χ0n) is 8.79. The summed E-state index contributed by atoms with van der Waals surface area (Å²) in [5.74, 6) is 0.586. The van der Waals surface area contributed by atoms with E-state index in [0.717, 1.165) is 5.69 Å². The number of hydrogen-bond acceptors (Lipinski definition) is 6. The second kappa shape index (κ2) is 4.38. The van der Waals surface area contributed by atoms with Crippen LogP contribution in [0.5, 0.6) is 0 Å². The van der Waals surface area contributed by atoms with E-state index in [0.29, 0.717) is 11.5 Å². The fourth-order valence-corrected chi connectivity index (χ4v) is 1.24. The molecule has 2 aromatic rings. The average Bonchev–Trinajstić information content (AvgIpc) is 2.77. The number of aliphatic hydroxyl groups is 1. The molecular weight excluding hydrogens is 208 g/mol. The van der Waals surface area contributed by atoms with E-state index in [-0.39, 0.29) is 12.5 Å². The number of hydrogen-bond donors (Lipinski definition) is 2. The van der Waals surface area contributed by atoms with Gasteiger partial charge in [-0.3, -0.25) is 0 Å². The molecule has 0 saturated carbocycles. The second-order valence-electron chi connectivity index (χ2n) is 3.41. The molecule has 2 aromatic heterocycles. The number of nitrogens with zero attached hydrogens (tertiary/aromatic N) is 3. The summed E-state index contributed by atoms with van der Waals surface area (Å²) in [6, 6.07) is 4.88. The molecular formula is C10H12N4O2. The van der Waals surface area contributed by atoms with Gasteiger partial charge < -0.3 is 15.4 Å². The first kappa shape index (κ1) is 10.7. The third kappa shape index (κ3) is 2.07. The third-order valence-corrected chi connectivity index (χ3v) is 2.07. The first-order chi connectivity index (χ1) is 7.70. The van der Waals surface area contributed by atoms with Crippen molar-refractivity contribution in [2.24, 2.45) is 5.73 Å². The van der Waals surface area contributed by atoms with E-state index in [1.54, 1.807) is 6.07 Å². The Morgan fingerprint density at radius 1 is 1.44 bits per heavy atom. The standard InChI is InChI=1S/C10H12N4O2/c1-6-3-2-4-8(12-6)9-13-10(16-14-9)7(11)5-15/h2-4,7,15H,5,11H2,1H3/t7-/m0/s1. The Balaban J connectivity index is 2.31. The predicted molar refractivity (Wildman–Crippen MR) is 56.3 cm³/mol. The van der Waals surface area contributed by atoms with E-state index in [1.807, 2.05) is 19.1 Å². The van der Waals surface area contributed by atoms with Gasteiger partial charge in [-0.1, -0.05) is 11.2 Å². The Morgan fingerprint density at radius 2 is 2.25 bits per heavy atom. The van der Waals surface area contributed by atoms with Crippen LogP contribution in [0.2, 0.25) is 0 Å². The van der Waals surface area contributed by atoms with Crippen LogP contribution in [0.15, 0.2) is 22.7 Å². The van der Waals surface area contributed by atoms with Gasteiger partial charge in [0.15, 0.2) is 0 Å². The topological polar surface area (TPSA) is 98.1 Å². The number of nitrogens with two attached hydrogens (primary N) is 1. The number of aliphatic hydroxyl groups excluding tert-OH is 1. The van der Waals surface area contributed by atoms with Crippen molar-refractivity contribution in [3.8, 4) is 11.5 Å². The van der Waals surface area contributed by atoms with Crippen LogP contribution >= 0.6 is 0 Å². The summed E-state index contributed by atoms with van der Waals surface area (Å²) in [6.07, 6.45) is 0. The molecule has 0 amide bonds. The van der Waals surface area contributed by atoms with Gasteiger partial charge in [0.25, 0.3) is 0 Å². The molecule has 0 fully saturated rings. The molecule has 1 atom stereocenters. The van der Waals surface area contributed by atoms with Gasteiger partial charge in [0, 0.05) is 5.69 Å². The van der Waals surface area contributed by atoms with Gasteiger partial charge in [0.2, 0.25) is 11.7 Å². The van der Waals surface area contributed by atoms with E-state index in [2.05, 4.69) is 15.1 Å². The second-order valence-corrected chi connectivity index (χ2v) is 3.41. The lowest BCUT2D eigenvalue weighted by Gasteiger charge is -1.98. The molecule has 16 heavy (non-hydrogen) atoms. The van der Waals surface area contributed by atoms with Crippen LogP contribution in [-0.2, 0) is 0 Å². The van der Waals surface area contributed by atoms with Gasteiger partial charge >= 0.3 is 0 Å². The molecule has 84 valence electrons. The summed E-state index contributed by atoms with van der Waals surface area (Å²) in [6.45, 7) is 1.65. The first-order valence-corrected chi connectivity index (χ1v) is 4.85. The number of aromatic nitrogens is 3. The lowest BCUT2D eigenvalue weighted by Crippen LogP contribution is -2.14. The zero-order chi connectivity index (χ0) is 11.5. The van der Waals surface area contributed by atoms with E-state index in [9.17, 15) is 0 Å². The minimum absolute atomic E-state index is 0.209. The molecule has 2 heterocycles. The SMILES string of the molecule is Cc1cccc(-c2noc([C@@H](N)CO)n2)n1. The van der Waals surface area contributed by atoms with Crippen molar-refractivity contribution in [1.29, 1.82) is 0 Å². The minimum atomic E-state index is -0.647. The summed E-state index contributed by atoms with van der Waals surface area (Å²) < 4.78 is 4.93. The minimum Gasteiger partial charge on any atom is -0.394 e. The monoisotopic (exact) mass is 220 g/mol. The molecule has 0 unspecified atom stereocenters. The van der Waals surface area contributed by atoms with Crippen LogP contribution in [-0.4, -0.2) is 26.8 Å². The number of rotatable bonds is 3. The van der Waals surface area contributed by atoms with Crippen LogP contribution in [0.3, 0.4) is 0 Å². The van der Waals surface area contributed by atoms with E-state index < -0.39 is 6.04 Å². The molecule has 6 nitrogen and oxygen atoms in total. The maximum Gasteiger partial charge on any atom is 0.246 e. The van der Waals surface area contributed by atoms with Gasteiger partial charge in [-0.25, -0.2) is 4.98 Å². The van der Waals surface area contributed by atoms with Crippen LogP contribution < -0.4 is 5.73 Å². The van der Waals surface area contributed by atoms with Crippen molar-refractivity contribution in [2.45, 2.75) is 13.0 Å². The third-order valence-electron chi connectivity index (χ3n) is 2.07. The fraction of sp³-hybridized carbons (Fsp3) is 0.300. The molecule has 0 aliphatic heterocycles. The van der Waals surface area contributed by atoms with Crippen molar-refractivity contribution in [1.82, 2.24) is 15.1 Å². The highest BCUT2D eigenvalue weighted by molar-refractivity contribution is 5.48. The van der Waals surface area contributed by atoms with Crippen molar-refractivity contribution >= 4 is 0 Å². The highest BCUT2D eigenvalue weighted by Crippen LogP contribution is 2.15. The highest BCUT2D eigenvalue weighted by Gasteiger charge is 2.15. The Morgan fingerprint density at radius 3 is 2.94 bits per heavy atom. The van der Waals surface area contributed by atoms with Gasteiger partial charge in [-0.05, 0) is 19.1 Å². The fourth-order valence-electron chi connectivity index (χ4n) is 1.24. The maximum atomic E-state index is 8.84. The van der Waals surface area contributed by atoms with Crippen molar-refractivity contribution < 1.29 is 9.63 Å². The number of aryl methyl sites for hydroxylation is 1. The molecule has 0 radical (unpaired) electrons. The van der Waals surface area contributed by atoms with Crippen LogP contribution in [0.1, 0.15) is 17.6 Å². The predicted octanol–water partition coefficient (Wildman–Crippen LogP) is 0.432. The molecule has 3 N–H and O–H groups in total. The van der Waals surface area contributed by atoms with E-state index in [1.165, 1.54) is 0 Å². The van der Waals surface area contributed by atoms with Gasteiger partial charge in [-0.15, -0.1) is 0 Å². The zero-order valence-corrected chi connectivity index (χ0v) is 8.79. The first-order valence-electron chi connectivity index (χ1n) is 4.85. The largest absolute Gasteiger partial charge is 0.394 e. The molecule has 6 heteroatoms. The normalized spacial score (nSPS) is 12.7. The lowest BCUT2D eigenvalue weighted by molar-refractivity contribution is 0.237. The molecule has 0 spiro atoms. The van der Waals surface area contributed by atoms with Crippen LogP contribution in [0, 0.1) is 6.92 Å². The smallest absolute Gasteiger partial charge is 0.246 e. The van der Waals surface area contributed by atoms with Gasteiger partial charge in [-0.2, -0.15) is 4.98 Å². The maximum absolute atomic E-state index is 8.84. The average molecular weight is 220 g/mol. The van der Waals surface area contributed by atoms with Gasteiger partial charge in [0.05, 0.1) is 6.61 Å². The van der Waals surface area contributed by atoms with E-state index >= 15 is 0 Å². The van der Waals surface area contributed by atoms with Crippen molar-refractivity contribution in [2.75, 3.05) is 6.61 Å². The number of pyridine rings is 1. The summed E-state index contributed by atoms with van der Waals surface area (Å²) in [5, 5.41) is 12.6. The Bertz CT molecular complexity index is 483. The summed E-state index contributed by atoms with van der Waals surface area (Å²) in [7, 11) is 0. The van der Waals surface area contributed by atoms with Crippen molar-refractivity contribution in [3.05, 3.63) is 29.8 Å². The molecule has 0 aliphatic rings. The Kier molecular flexibility index (Phi) is 2.93. The summed E-state index contributed by atoms with van der Waals surface area (Å²) >= 11 is 0. The molecule has 0 aromatic carbocycles. The molecule has 0 aliphatic carbocycles. The van der Waals surface area contributed by atoms with Crippen LogP contribution in [0.4, 0.5) is 0 Å². The summed E-state index contributed by atoms with van der Waals surface area (Å²) in [5.41, 5.74) is 7.04. The summed E-state index contributed by atoms with van der Waals surface area (Å²) in [4.78, 5) is 8.32. The lowest BCUT2D eigenvalue weighted by atomic mass is 10.3. The van der Waals surface area contributed by atoms with Crippen molar-refractivity contribution in [3.63, 3.8) is 0 Å². The van der Waals surface area contributed by atoms with Gasteiger partial charge in [0.1, 0.15) is 11.7 Å². The quantitative estimate of drug-likeness (QED) is 0.778.